The first-order valence-corrected chi connectivity index (χ1v) is 4.46. The number of rotatable bonds is 1. The molecule has 0 amide bonds. The molecule has 78 valence electrons. The number of carbonyl (C=O) groups is 1. The molecule has 2 rings (SSSR count). The minimum Gasteiger partial charge on any atom is -0.465 e. The van der Waals surface area contributed by atoms with Crippen LogP contribution in [0.25, 0.3) is 0 Å². The predicted octanol–water partition coefficient (Wildman–Crippen LogP) is 1.17. The van der Waals surface area contributed by atoms with E-state index in [-0.39, 0.29) is 5.57 Å². The normalized spacial score (nSPS) is 18.5. The number of ether oxygens (including phenoxy) is 2. The molecule has 0 aliphatic carbocycles. The van der Waals surface area contributed by atoms with Gasteiger partial charge < -0.3 is 14.6 Å². The molecule has 1 atom stereocenters. The van der Waals surface area contributed by atoms with Crippen LogP contribution >= 0.6 is 0 Å². The van der Waals surface area contributed by atoms with Gasteiger partial charge in [-0.3, -0.25) is 0 Å². The van der Waals surface area contributed by atoms with E-state index in [1.165, 1.54) is 13.4 Å². The standard InChI is InChI=1S/C11H10O4/c1-14-11(13)8-6-15-9-5-3-2-4-7(9)10(8)12/h2-6,10,12H,1H3/t10-/m0/s1. The molecule has 1 aliphatic rings. The van der Waals surface area contributed by atoms with Crippen molar-refractivity contribution >= 4 is 5.97 Å². The van der Waals surface area contributed by atoms with Crippen molar-refractivity contribution in [1.82, 2.24) is 0 Å². The number of aliphatic hydroxyl groups excluding tert-OH is 1. The summed E-state index contributed by atoms with van der Waals surface area (Å²) in [5, 5.41) is 9.87. The van der Waals surface area contributed by atoms with Gasteiger partial charge in [0.2, 0.25) is 0 Å². The third-order valence-electron chi connectivity index (χ3n) is 2.24. The summed E-state index contributed by atoms with van der Waals surface area (Å²) in [6.45, 7) is 0. The van der Waals surface area contributed by atoms with Crippen LogP contribution in [-0.4, -0.2) is 18.2 Å². The molecule has 0 radical (unpaired) electrons. The van der Waals surface area contributed by atoms with Crippen molar-refractivity contribution in [2.24, 2.45) is 0 Å². The molecule has 4 nitrogen and oxygen atoms in total. The Morgan fingerprint density at radius 2 is 2.20 bits per heavy atom. The number of hydrogen-bond donors (Lipinski definition) is 1. The van der Waals surface area contributed by atoms with Crippen LogP contribution < -0.4 is 4.74 Å². The molecule has 0 spiro atoms. The van der Waals surface area contributed by atoms with Crippen LogP contribution in [0.4, 0.5) is 0 Å². The second kappa shape index (κ2) is 3.74. The Morgan fingerprint density at radius 1 is 1.47 bits per heavy atom. The fourth-order valence-corrected chi connectivity index (χ4v) is 1.45. The number of benzene rings is 1. The zero-order chi connectivity index (χ0) is 10.8. The summed E-state index contributed by atoms with van der Waals surface area (Å²) in [4.78, 5) is 11.3. The summed E-state index contributed by atoms with van der Waals surface area (Å²) in [6, 6.07) is 6.99. The van der Waals surface area contributed by atoms with Gasteiger partial charge in [-0.25, -0.2) is 4.79 Å². The highest BCUT2D eigenvalue weighted by Gasteiger charge is 2.27. The van der Waals surface area contributed by atoms with E-state index in [1.807, 2.05) is 0 Å². The number of esters is 1. The second-order valence-electron chi connectivity index (χ2n) is 3.12. The highest BCUT2D eigenvalue weighted by Crippen LogP contribution is 2.34. The van der Waals surface area contributed by atoms with Gasteiger partial charge in [0.25, 0.3) is 0 Å². The number of carbonyl (C=O) groups excluding carboxylic acids is 1. The first-order chi connectivity index (χ1) is 7.24. The van der Waals surface area contributed by atoms with Crippen LogP contribution in [0.15, 0.2) is 36.1 Å². The molecule has 1 N–H and O–H groups in total. The largest absolute Gasteiger partial charge is 0.465 e. The van der Waals surface area contributed by atoms with Crippen LogP contribution in [0.2, 0.25) is 0 Å². The molecule has 15 heavy (non-hydrogen) atoms. The van der Waals surface area contributed by atoms with Crippen molar-refractivity contribution in [2.75, 3.05) is 7.11 Å². The van der Waals surface area contributed by atoms with E-state index in [4.69, 9.17) is 4.74 Å². The van der Waals surface area contributed by atoms with Gasteiger partial charge in [0, 0.05) is 5.56 Å². The van der Waals surface area contributed by atoms with E-state index < -0.39 is 12.1 Å². The molecule has 1 aromatic carbocycles. The highest BCUT2D eigenvalue weighted by atomic mass is 16.5. The summed E-state index contributed by atoms with van der Waals surface area (Å²) < 4.78 is 9.73. The lowest BCUT2D eigenvalue weighted by Gasteiger charge is -2.20. The third-order valence-corrected chi connectivity index (χ3v) is 2.24. The second-order valence-corrected chi connectivity index (χ2v) is 3.12. The molecule has 0 saturated heterocycles. The number of hydrogen-bond acceptors (Lipinski definition) is 4. The average molecular weight is 206 g/mol. The van der Waals surface area contributed by atoms with Gasteiger partial charge in [-0.2, -0.15) is 0 Å². The molecule has 0 saturated carbocycles. The van der Waals surface area contributed by atoms with Gasteiger partial charge >= 0.3 is 5.97 Å². The van der Waals surface area contributed by atoms with E-state index in [0.29, 0.717) is 11.3 Å². The average Bonchev–Trinajstić information content (AvgIpc) is 2.29. The predicted molar refractivity (Wildman–Crippen MR) is 52.1 cm³/mol. The van der Waals surface area contributed by atoms with Gasteiger partial charge in [-0.1, -0.05) is 18.2 Å². The summed E-state index contributed by atoms with van der Waals surface area (Å²) in [5.41, 5.74) is 0.677. The van der Waals surface area contributed by atoms with Crippen molar-refractivity contribution in [2.45, 2.75) is 6.10 Å². The van der Waals surface area contributed by atoms with Gasteiger partial charge in [0.15, 0.2) is 0 Å². The zero-order valence-corrected chi connectivity index (χ0v) is 8.14. The van der Waals surface area contributed by atoms with E-state index in [2.05, 4.69) is 4.74 Å². The van der Waals surface area contributed by atoms with E-state index >= 15 is 0 Å². The first kappa shape index (κ1) is 9.73. The molecular formula is C11H10O4. The van der Waals surface area contributed by atoms with Crippen LogP contribution in [0, 0.1) is 0 Å². The Bertz CT molecular complexity index is 422. The smallest absolute Gasteiger partial charge is 0.339 e. The maximum absolute atomic E-state index is 11.3. The maximum Gasteiger partial charge on any atom is 0.339 e. The van der Waals surface area contributed by atoms with E-state index in [9.17, 15) is 9.90 Å². The van der Waals surface area contributed by atoms with Gasteiger partial charge in [0.05, 0.1) is 7.11 Å². The van der Waals surface area contributed by atoms with E-state index in [0.717, 1.165) is 0 Å². The molecule has 0 unspecified atom stereocenters. The fraction of sp³-hybridized carbons (Fsp3) is 0.182. The summed E-state index contributed by atoms with van der Waals surface area (Å²) in [7, 11) is 1.26. The van der Waals surface area contributed by atoms with Crippen molar-refractivity contribution in [3.8, 4) is 5.75 Å². The molecule has 1 aliphatic heterocycles. The first-order valence-electron chi connectivity index (χ1n) is 4.46. The van der Waals surface area contributed by atoms with Crippen LogP contribution in [0.1, 0.15) is 11.7 Å². The molecule has 4 heteroatoms. The minimum absolute atomic E-state index is 0.108. The Kier molecular flexibility index (Phi) is 2.43. The van der Waals surface area contributed by atoms with Crippen molar-refractivity contribution < 1.29 is 19.4 Å². The van der Waals surface area contributed by atoms with Crippen molar-refractivity contribution in [3.63, 3.8) is 0 Å². The zero-order valence-electron chi connectivity index (χ0n) is 8.14. The Balaban J connectivity index is 2.37. The summed E-state index contributed by atoms with van der Waals surface area (Å²) in [6.07, 6.45) is 0.237. The van der Waals surface area contributed by atoms with Gasteiger partial charge in [-0.15, -0.1) is 0 Å². The quantitative estimate of drug-likeness (QED) is 0.701. The highest BCUT2D eigenvalue weighted by molar-refractivity contribution is 5.90. The lowest BCUT2D eigenvalue weighted by atomic mass is 10.00. The van der Waals surface area contributed by atoms with Crippen LogP contribution in [0.3, 0.4) is 0 Å². The fourth-order valence-electron chi connectivity index (χ4n) is 1.45. The summed E-state index contributed by atoms with van der Waals surface area (Å²) >= 11 is 0. The number of aliphatic hydroxyl groups is 1. The molecule has 1 aromatic rings. The molecule has 0 fully saturated rings. The molecule has 0 aromatic heterocycles. The Hall–Kier alpha value is -1.81. The Morgan fingerprint density at radius 3 is 2.93 bits per heavy atom. The number of para-hydroxylation sites is 1. The lowest BCUT2D eigenvalue weighted by molar-refractivity contribution is -0.137. The molecule has 0 bridgehead atoms. The van der Waals surface area contributed by atoms with Gasteiger partial charge in [0.1, 0.15) is 23.7 Å². The Labute approximate surface area is 86.7 Å². The molecule has 1 heterocycles. The SMILES string of the molecule is COC(=O)C1=COc2ccccc2[C@@H]1O. The number of methoxy groups -OCH3 is 1. The third kappa shape index (κ3) is 1.59. The monoisotopic (exact) mass is 206 g/mol. The van der Waals surface area contributed by atoms with Crippen LogP contribution in [-0.2, 0) is 9.53 Å². The van der Waals surface area contributed by atoms with Crippen molar-refractivity contribution in [3.05, 3.63) is 41.7 Å². The lowest BCUT2D eigenvalue weighted by Crippen LogP contribution is -2.17. The minimum atomic E-state index is -0.984. The maximum atomic E-state index is 11.3. The van der Waals surface area contributed by atoms with Crippen molar-refractivity contribution in [1.29, 1.82) is 0 Å². The van der Waals surface area contributed by atoms with E-state index in [1.54, 1.807) is 24.3 Å². The summed E-state index contributed by atoms with van der Waals surface area (Å²) in [5.74, 6) is -0.0327. The number of fused-ring (bicyclic) bond motifs is 1. The topological polar surface area (TPSA) is 55.8 Å². The molecular weight excluding hydrogens is 196 g/mol. The van der Waals surface area contributed by atoms with Crippen LogP contribution in [0.5, 0.6) is 5.75 Å². The van der Waals surface area contributed by atoms with Gasteiger partial charge in [-0.05, 0) is 6.07 Å².